The van der Waals surface area contributed by atoms with Crippen LogP contribution < -0.4 is 0 Å². The van der Waals surface area contributed by atoms with Crippen LogP contribution in [0.3, 0.4) is 0 Å². The molecule has 0 fully saturated rings. The first-order valence-electron chi connectivity index (χ1n) is 13.7. The molecule has 8 heteroatoms. The van der Waals surface area contributed by atoms with Gasteiger partial charge in [-0.2, -0.15) is 35.1 Å². The molecular formula is C36H64F8. The van der Waals surface area contributed by atoms with E-state index in [1.165, 1.54) is 88.8 Å². The van der Waals surface area contributed by atoms with E-state index >= 15 is 0 Å². The summed E-state index contributed by atoms with van der Waals surface area (Å²) in [5, 5.41) is 0. The van der Waals surface area contributed by atoms with E-state index in [-0.39, 0.29) is 22.3 Å². The molecule has 0 spiro atoms. The fraction of sp³-hybridized carbons (Fsp3) is 0.556. The van der Waals surface area contributed by atoms with Crippen LogP contribution in [0.25, 0.3) is 0 Å². The van der Waals surface area contributed by atoms with Crippen LogP contribution in [0.1, 0.15) is 138 Å². The Bertz CT molecular complexity index is 656. The fourth-order valence-electron chi connectivity index (χ4n) is 0. The molecule has 0 saturated carbocycles. The Morgan fingerprint density at radius 1 is 0.227 bits per heavy atom. The number of rotatable bonds is 0. The van der Waals surface area contributed by atoms with E-state index < -0.39 is 24.3 Å². The van der Waals surface area contributed by atoms with Crippen molar-refractivity contribution in [1.29, 1.82) is 0 Å². The molecule has 0 aliphatic carbocycles. The highest BCUT2D eigenvalue weighted by Crippen LogP contribution is 2.05. The third-order valence-corrected chi connectivity index (χ3v) is 3.51. The Labute approximate surface area is 266 Å². The van der Waals surface area contributed by atoms with Crippen LogP contribution in [0.15, 0.2) is 93.2 Å². The summed E-state index contributed by atoms with van der Waals surface area (Å²) < 4.78 is 88.3. The predicted octanol–water partition coefficient (Wildman–Crippen LogP) is 16.6. The van der Waals surface area contributed by atoms with Gasteiger partial charge in [-0.25, -0.2) is 0 Å². The smallest absolute Gasteiger partial charge is 0.173 e. The Kier molecular flexibility index (Phi) is 55.5. The van der Waals surface area contributed by atoms with Gasteiger partial charge in [-0.05, 0) is 161 Å². The predicted molar refractivity (Wildman–Crippen MR) is 183 cm³/mol. The molecule has 0 aliphatic rings. The van der Waals surface area contributed by atoms with Crippen molar-refractivity contribution in [3.63, 3.8) is 0 Å². The second-order valence-electron chi connectivity index (χ2n) is 11.5. The summed E-state index contributed by atoms with van der Waals surface area (Å²) in [7, 11) is 0. The molecule has 0 unspecified atom stereocenters. The summed E-state index contributed by atoms with van der Waals surface area (Å²) in [4.78, 5) is 0. The first-order valence-corrected chi connectivity index (χ1v) is 13.7. The fourth-order valence-corrected chi connectivity index (χ4v) is 0. The van der Waals surface area contributed by atoms with E-state index in [1.807, 2.05) is 27.7 Å². The van der Waals surface area contributed by atoms with Crippen molar-refractivity contribution in [3.05, 3.63) is 93.2 Å². The van der Waals surface area contributed by atoms with Gasteiger partial charge in [0.15, 0.2) is 0 Å². The number of hydrogen-bond donors (Lipinski definition) is 0. The summed E-state index contributed by atoms with van der Waals surface area (Å²) >= 11 is 0. The van der Waals surface area contributed by atoms with Crippen molar-refractivity contribution in [3.8, 4) is 0 Å². The molecule has 0 aromatic carbocycles. The molecule has 0 amide bonds. The lowest BCUT2D eigenvalue weighted by Gasteiger charge is -1.88. The van der Waals surface area contributed by atoms with Crippen molar-refractivity contribution in [2.45, 2.75) is 138 Å². The first kappa shape index (κ1) is 60.5. The Balaban J connectivity index is -0.0000000564. The maximum atomic E-state index is 11.0. The molecule has 0 radical (unpaired) electrons. The molecule has 264 valence electrons. The standard InChI is InChI=1S/2C6H12.4C4H6F2.2C4H8/c2*1-5(2)6(3)4;4*1-3(2)4(5)6;2*1-4(2)3/h2*1-4H3;4*1-2H3;2*1H2,2-3H3. The topological polar surface area (TPSA) is 0 Å². The van der Waals surface area contributed by atoms with Crippen LogP contribution in [0.5, 0.6) is 0 Å². The molecule has 0 aromatic rings. The highest BCUT2D eigenvalue weighted by molar-refractivity contribution is 5.03. The van der Waals surface area contributed by atoms with E-state index in [0.717, 1.165) is 0 Å². The number of allylic oxidation sites excluding steroid dienone is 10. The molecule has 44 heavy (non-hydrogen) atoms. The minimum atomic E-state index is -1.57. The van der Waals surface area contributed by atoms with Crippen LogP contribution in [0, 0.1) is 0 Å². The average Bonchev–Trinajstić information content (AvgIpc) is 2.79. The van der Waals surface area contributed by atoms with Crippen molar-refractivity contribution in [2.75, 3.05) is 0 Å². The maximum absolute atomic E-state index is 11.0. The van der Waals surface area contributed by atoms with Crippen molar-refractivity contribution >= 4 is 0 Å². The van der Waals surface area contributed by atoms with E-state index in [9.17, 15) is 35.1 Å². The highest BCUT2D eigenvalue weighted by atomic mass is 19.3. The second-order valence-corrected chi connectivity index (χ2v) is 11.5. The van der Waals surface area contributed by atoms with Crippen LogP contribution in [0.4, 0.5) is 35.1 Å². The van der Waals surface area contributed by atoms with Crippen LogP contribution in [-0.4, -0.2) is 0 Å². The second kappa shape index (κ2) is 40.4. The van der Waals surface area contributed by atoms with Crippen molar-refractivity contribution < 1.29 is 35.1 Å². The zero-order chi connectivity index (χ0) is 38.1. The third kappa shape index (κ3) is 127. The van der Waals surface area contributed by atoms with Gasteiger partial charge in [-0.3, -0.25) is 0 Å². The molecule has 0 bridgehead atoms. The molecule has 0 atom stereocenters. The quantitative estimate of drug-likeness (QED) is 0.181. The maximum Gasteiger partial charge on any atom is 0.268 e. The van der Waals surface area contributed by atoms with Crippen LogP contribution >= 0.6 is 0 Å². The summed E-state index contributed by atoms with van der Waals surface area (Å²) in [6, 6.07) is 0. The van der Waals surface area contributed by atoms with Gasteiger partial charge < -0.3 is 0 Å². The van der Waals surface area contributed by atoms with Gasteiger partial charge in [0.2, 0.25) is 0 Å². The van der Waals surface area contributed by atoms with Gasteiger partial charge >= 0.3 is 0 Å². The van der Waals surface area contributed by atoms with Crippen molar-refractivity contribution in [2.24, 2.45) is 0 Å². The zero-order valence-electron chi connectivity index (χ0n) is 31.4. The Morgan fingerprint density at radius 2 is 0.273 bits per heavy atom. The highest BCUT2D eigenvalue weighted by Gasteiger charge is 1.88. The summed E-state index contributed by atoms with van der Waals surface area (Å²) in [5.41, 5.74) is 8.41. The monoisotopic (exact) mass is 648 g/mol. The molecule has 0 heterocycles. The minimum Gasteiger partial charge on any atom is -0.173 e. The first-order chi connectivity index (χ1) is 19.3. The summed E-state index contributed by atoms with van der Waals surface area (Å²) in [5.74, 6) is 0. The lowest BCUT2D eigenvalue weighted by molar-refractivity contribution is 0.411. The lowest BCUT2D eigenvalue weighted by atomic mass is 10.2. The lowest BCUT2D eigenvalue weighted by Crippen LogP contribution is -1.66. The summed E-state index contributed by atoms with van der Waals surface area (Å²) in [6.07, 6.45) is -6.30. The molecule has 0 saturated heterocycles. The zero-order valence-corrected chi connectivity index (χ0v) is 31.4. The molecule has 0 rings (SSSR count). The minimum absolute atomic E-state index is 0.0926. The van der Waals surface area contributed by atoms with Gasteiger partial charge in [0, 0.05) is 0 Å². The van der Waals surface area contributed by atoms with Gasteiger partial charge in [0.1, 0.15) is 0 Å². The van der Waals surface area contributed by atoms with Gasteiger partial charge in [0.05, 0.1) is 0 Å². The third-order valence-electron chi connectivity index (χ3n) is 3.51. The van der Waals surface area contributed by atoms with Gasteiger partial charge in [-0.1, -0.05) is 33.4 Å². The van der Waals surface area contributed by atoms with E-state index in [4.69, 9.17) is 0 Å². The molecule has 0 N–H and O–H groups in total. The normalized spacial score (nSPS) is 7.73. The molecule has 0 aliphatic heterocycles. The molecule has 0 nitrogen and oxygen atoms in total. The largest absolute Gasteiger partial charge is 0.268 e. The van der Waals surface area contributed by atoms with E-state index in [0.29, 0.717) is 0 Å². The number of halogens is 8. The Hall–Kier alpha value is -2.64. The van der Waals surface area contributed by atoms with Crippen LogP contribution in [-0.2, 0) is 0 Å². The average molecular weight is 649 g/mol. The molecule has 0 aromatic heterocycles. The van der Waals surface area contributed by atoms with E-state index in [2.05, 4.69) is 68.5 Å². The SMILES string of the molecule is C=C(C)C.C=C(C)C.CC(C)=C(C)C.CC(C)=C(C)C.CC(C)=C(F)F.CC(C)=C(F)F.CC(C)=C(F)F.CC(C)=C(F)F. The van der Waals surface area contributed by atoms with Crippen LogP contribution in [0.2, 0.25) is 0 Å². The summed E-state index contributed by atoms with van der Waals surface area (Å²) in [6.45, 7) is 42.9. The number of hydrogen-bond acceptors (Lipinski definition) is 0. The van der Waals surface area contributed by atoms with Gasteiger partial charge in [-0.15, -0.1) is 13.2 Å². The molecular weight excluding hydrogens is 584 g/mol. The van der Waals surface area contributed by atoms with Gasteiger partial charge in [0.25, 0.3) is 24.3 Å². The van der Waals surface area contributed by atoms with Crippen molar-refractivity contribution in [1.82, 2.24) is 0 Å². The van der Waals surface area contributed by atoms with E-state index in [1.54, 1.807) is 0 Å². The Morgan fingerprint density at radius 3 is 0.273 bits per heavy atom.